The molecule has 1 atom stereocenters. The fourth-order valence-corrected chi connectivity index (χ4v) is 7.30. The van der Waals surface area contributed by atoms with Gasteiger partial charge in [-0.2, -0.15) is 0 Å². The molecule has 2 fully saturated rings. The van der Waals surface area contributed by atoms with Crippen LogP contribution in [0.1, 0.15) is 85.7 Å². The van der Waals surface area contributed by atoms with Crippen LogP contribution in [-0.4, -0.2) is 52.8 Å². The number of nitrogens with zero attached hydrogens (tertiary/aromatic N) is 3. The maximum atomic E-state index is 11.9. The Morgan fingerprint density at radius 2 is 1.78 bits per heavy atom. The number of hydrogen-bond donors (Lipinski definition) is 1. The van der Waals surface area contributed by atoms with Gasteiger partial charge in [0, 0.05) is 54.4 Å². The number of hydrogen-bond acceptors (Lipinski definition) is 3. The van der Waals surface area contributed by atoms with Crippen molar-refractivity contribution in [2.45, 2.75) is 83.7 Å². The van der Waals surface area contributed by atoms with E-state index in [1.165, 1.54) is 97.9 Å². The van der Waals surface area contributed by atoms with E-state index in [0.717, 1.165) is 25.2 Å². The van der Waals surface area contributed by atoms with Crippen LogP contribution >= 0.6 is 0 Å². The highest BCUT2D eigenvalue weighted by Gasteiger charge is 2.31. The van der Waals surface area contributed by atoms with Gasteiger partial charge in [0.2, 0.25) is 0 Å². The molecule has 5 heteroatoms. The molecular formula is C32H41N3O2. The van der Waals surface area contributed by atoms with E-state index in [1.54, 1.807) is 6.07 Å². The first-order valence-corrected chi connectivity index (χ1v) is 14.5. The molecule has 3 heterocycles. The van der Waals surface area contributed by atoms with Crippen molar-refractivity contribution in [2.24, 2.45) is 0 Å². The predicted molar refractivity (Wildman–Crippen MR) is 152 cm³/mol. The second-order valence-corrected chi connectivity index (χ2v) is 11.7. The van der Waals surface area contributed by atoms with Crippen LogP contribution in [0.15, 0.2) is 36.4 Å². The molecule has 3 aliphatic rings. The number of aryl methyl sites for hydroxylation is 1. The van der Waals surface area contributed by atoms with Crippen LogP contribution in [0.3, 0.4) is 0 Å². The lowest BCUT2D eigenvalue weighted by Gasteiger charge is -2.28. The normalized spacial score (nSPS) is 20.7. The maximum Gasteiger partial charge on any atom is 0.335 e. The third-order valence-corrected chi connectivity index (χ3v) is 9.27. The molecule has 2 aromatic carbocycles. The SMILES string of the molecule is Cc1ccc2c(c1)N(CCCN1CCCC1C)CCn1c-2c(C2CCCCC2)c2ccc(C(=O)O)cc21. The Balaban J connectivity index is 1.44. The molecule has 0 amide bonds. The molecule has 1 N–H and O–H groups in total. The standard InChI is InChI=1S/C32H41N3O2/c1-22-11-13-27-28(20-22)34(17-7-16-33-15-6-8-23(33)2)18-19-35-29-21-25(32(36)37)12-14-26(29)30(31(27)35)24-9-4-3-5-10-24/h11-14,20-21,23-24H,3-10,15-19H2,1-2H3,(H,36,37). The highest BCUT2D eigenvalue weighted by Crippen LogP contribution is 2.47. The van der Waals surface area contributed by atoms with Crippen LogP contribution in [-0.2, 0) is 6.54 Å². The topological polar surface area (TPSA) is 48.7 Å². The molecule has 0 bridgehead atoms. The second kappa shape index (κ2) is 10.2. The van der Waals surface area contributed by atoms with Gasteiger partial charge >= 0.3 is 5.97 Å². The molecule has 2 aliphatic heterocycles. The zero-order chi connectivity index (χ0) is 25.5. The minimum atomic E-state index is -0.848. The average molecular weight is 500 g/mol. The Labute approximate surface area is 221 Å². The fraction of sp³-hybridized carbons (Fsp3) is 0.531. The third kappa shape index (κ3) is 4.56. The van der Waals surface area contributed by atoms with Crippen molar-refractivity contribution in [1.29, 1.82) is 0 Å². The van der Waals surface area contributed by atoms with E-state index in [-0.39, 0.29) is 0 Å². The highest BCUT2D eigenvalue weighted by molar-refractivity contribution is 5.99. The summed E-state index contributed by atoms with van der Waals surface area (Å²) < 4.78 is 2.46. The van der Waals surface area contributed by atoms with Crippen LogP contribution in [0.2, 0.25) is 0 Å². The van der Waals surface area contributed by atoms with Gasteiger partial charge in [0.15, 0.2) is 0 Å². The number of aromatic nitrogens is 1. The van der Waals surface area contributed by atoms with Gasteiger partial charge in [-0.15, -0.1) is 0 Å². The summed E-state index contributed by atoms with van der Waals surface area (Å²) in [6.07, 6.45) is 10.2. The number of aromatic carboxylic acids is 1. The summed E-state index contributed by atoms with van der Waals surface area (Å²) in [5.41, 5.74) is 8.26. The molecule has 6 rings (SSSR count). The van der Waals surface area contributed by atoms with Crippen molar-refractivity contribution < 1.29 is 9.90 Å². The lowest BCUT2D eigenvalue weighted by molar-refractivity contribution is 0.0697. The van der Waals surface area contributed by atoms with Crippen LogP contribution in [0.4, 0.5) is 5.69 Å². The van der Waals surface area contributed by atoms with E-state index in [9.17, 15) is 9.90 Å². The molecule has 0 spiro atoms. The van der Waals surface area contributed by atoms with Gasteiger partial charge in [-0.25, -0.2) is 4.79 Å². The monoisotopic (exact) mass is 499 g/mol. The molecule has 1 aliphatic carbocycles. The lowest BCUT2D eigenvalue weighted by atomic mass is 9.81. The number of carbonyl (C=O) groups is 1. The van der Waals surface area contributed by atoms with E-state index in [1.807, 2.05) is 6.07 Å². The van der Waals surface area contributed by atoms with Gasteiger partial charge in [-0.05, 0) is 87.7 Å². The van der Waals surface area contributed by atoms with E-state index < -0.39 is 5.97 Å². The maximum absolute atomic E-state index is 11.9. The number of benzene rings is 2. The average Bonchev–Trinajstić information content (AvgIpc) is 3.41. The number of anilines is 1. The Morgan fingerprint density at radius 1 is 0.946 bits per heavy atom. The summed E-state index contributed by atoms with van der Waals surface area (Å²) in [6.45, 7) is 9.87. The van der Waals surface area contributed by atoms with Crippen molar-refractivity contribution in [3.05, 3.63) is 53.1 Å². The summed E-state index contributed by atoms with van der Waals surface area (Å²) in [7, 11) is 0. The summed E-state index contributed by atoms with van der Waals surface area (Å²) >= 11 is 0. The van der Waals surface area contributed by atoms with Crippen molar-refractivity contribution in [3.8, 4) is 11.3 Å². The first-order valence-electron chi connectivity index (χ1n) is 14.5. The van der Waals surface area contributed by atoms with Crippen molar-refractivity contribution >= 4 is 22.6 Å². The Bertz CT molecular complexity index is 1300. The molecule has 196 valence electrons. The van der Waals surface area contributed by atoms with Gasteiger partial charge in [0.05, 0.1) is 11.3 Å². The van der Waals surface area contributed by atoms with Crippen molar-refractivity contribution in [3.63, 3.8) is 0 Å². The number of likely N-dealkylation sites (tertiary alicyclic amines) is 1. The minimum absolute atomic E-state index is 0.382. The van der Waals surface area contributed by atoms with Crippen LogP contribution < -0.4 is 4.90 Å². The Morgan fingerprint density at radius 3 is 2.54 bits per heavy atom. The summed E-state index contributed by atoms with van der Waals surface area (Å²) in [4.78, 5) is 17.2. The molecule has 1 aromatic heterocycles. The Kier molecular flexibility index (Phi) is 6.74. The highest BCUT2D eigenvalue weighted by atomic mass is 16.4. The van der Waals surface area contributed by atoms with E-state index in [2.05, 4.69) is 52.5 Å². The quantitative estimate of drug-likeness (QED) is 0.394. The minimum Gasteiger partial charge on any atom is -0.478 e. The van der Waals surface area contributed by atoms with Gasteiger partial charge in [0.1, 0.15) is 0 Å². The third-order valence-electron chi connectivity index (χ3n) is 9.27. The Hall–Kier alpha value is -2.79. The summed E-state index contributed by atoms with van der Waals surface area (Å²) in [5.74, 6) is -0.306. The first-order chi connectivity index (χ1) is 18.0. The second-order valence-electron chi connectivity index (χ2n) is 11.7. The van der Waals surface area contributed by atoms with Gasteiger partial charge in [-0.3, -0.25) is 0 Å². The van der Waals surface area contributed by atoms with Crippen LogP contribution in [0, 0.1) is 6.92 Å². The van der Waals surface area contributed by atoms with Gasteiger partial charge in [-0.1, -0.05) is 37.5 Å². The smallest absolute Gasteiger partial charge is 0.335 e. The lowest BCUT2D eigenvalue weighted by Crippen LogP contribution is -2.33. The molecule has 1 saturated carbocycles. The zero-order valence-electron chi connectivity index (χ0n) is 22.5. The molecule has 1 unspecified atom stereocenters. The summed E-state index contributed by atoms with van der Waals surface area (Å²) in [6, 6.07) is 13.5. The van der Waals surface area contributed by atoms with Crippen LogP contribution in [0.5, 0.6) is 0 Å². The molecule has 37 heavy (non-hydrogen) atoms. The van der Waals surface area contributed by atoms with E-state index in [0.29, 0.717) is 17.5 Å². The number of carboxylic acids is 1. The predicted octanol–water partition coefficient (Wildman–Crippen LogP) is 7.06. The molecule has 3 aromatic rings. The number of fused-ring (bicyclic) bond motifs is 5. The fourth-order valence-electron chi connectivity index (χ4n) is 7.30. The molecular weight excluding hydrogens is 458 g/mol. The number of carboxylic acid groups (broad SMARTS) is 1. The van der Waals surface area contributed by atoms with E-state index in [4.69, 9.17) is 0 Å². The first kappa shape index (κ1) is 24.5. The molecule has 5 nitrogen and oxygen atoms in total. The van der Waals surface area contributed by atoms with Crippen molar-refractivity contribution in [1.82, 2.24) is 9.47 Å². The molecule has 0 radical (unpaired) electrons. The van der Waals surface area contributed by atoms with Gasteiger partial charge in [0.25, 0.3) is 0 Å². The largest absolute Gasteiger partial charge is 0.478 e. The zero-order valence-corrected chi connectivity index (χ0v) is 22.5. The van der Waals surface area contributed by atoms with Crippen molar-refractivity contribution in [2.75, 3.05) is 31.1 Å². The summed E-state index contributed by atoms with van der Waals surface area (Å²) in [5, 5.41) is 11.0. The molecule has 1 saturated heterocycles. The number of rotatable bonds is 6. The van der Waals surface area contributed by atoms with E-state index >= 15 is 0 Å². The van der Waals surface area contributed by atoms with Gasteiger partial charge < -0.3 is 19.5 Å². The van der Waals surface area contributed by atoms with Crippen LogP contribution in [0.25, 0.3) is 22.2 Å².